The summed E-state index contributed by atoms with van der Waals surface area (Å²) in [6.45, 7) is 12.2. The van der Waals surface area contributed by atoms with E-state index in [1.165, 1.54) is 0 Å². The smallest absolute Gasteiger partial charge is 0.329 e. The summed E-state index contributed by atoms with van der Waals surface area (Å²) >= 11 is 0. The third-order valence-corrected chi connectivity index (χ3v) is 5.03. The number of carbonyl (C=O) groups is 2. The number of nitrogens with one attached hydrogen (secondary N) is 1. The van der Waals surface area contributed by atoms with Crippen molar-refractivity contribution in [2.75, 3.05) is 7.11 Å². The van der Waals surface area contributed by atoms with E-state index < -0.39 is 12.0 Å². The molecule has 5 nitrogen and oxygen atoms in total. The number of ether oxygens (including phenoxy) is 2. The van der Waals surface area contributed by atoms with Gasteiger partial charge in [-0.15, -0.1) is 0 Å². The number of hydrogen-bond donors (Lipinski definition) is 1. The number of aryl methyl sites for hydroxylation is 1. The molecule has 0 bridgehead atoms. The minimum absolute atomic E-state index is 0.0100. The normalized spacial score (nSPS) is 12.4. The molecule has 0 heterocycles. The zero-order chi connectivity index (χ0) is 22.5. The molecule has 0 aliphatic carbocycles. The quantitative estimate of drug-likeness (QED) is 0.665. The summed E-state index contributed by atoms with van der Waals surface area (Å²) < 4.78 is 10.9. The summed E-state index contributed by atoms with van der Waals surface area (Å²) in [6.07, 6.45) is 0. The molecule has 0 spiro atoms. The highest BCUT2D eigenvalue weighted by Gasteiger charge is 2.26. The number of benzene rings is 2. The topological polar surface area (TPSA) is 64.6 Å². The number of carbonyl (C=O) groups excluding carboxylic acids is 2. The van der Waals surface area contributed by atoms with E-state index in [1.807, 2.05) is 51.1 Å². The van der Waals surface area contributed by atoms with Crippen molar-refractivity contribution in [2.45, 2.75) is 59.6 Å². The van der Waals surface area contributed by atoms with E-state index in [1.54, 1.807) is 19.2 Å². The predicted octanol–water partition coefficient (Wildman–Crippen LogP) is 4.80. The Morgan fingerprint density at radius 2 is 1.67 bits per heavy atom. The lowest BCUT2D eigenvalue weighted by molar-refractivity contribution is -0.148. The summed E-state index contributed by atoms with van der Waals surface area (Å²) in [5, 5.41) is 2.82. The second-order valence-electron chi connectivity index (χ2n) is 8.95. The van der Waals surface area contributed by atoms with Gasteiger partial charge in [0.25, 0.3) is 5.91 Å². The maximum Gasteiger partial charge on any atom is 0.329 e. The first-order valence-electron chi connectivity index (χ1n) is 10.2. The third kappa shape index (κ3) is 6.09. The SMILES string of the molecule is COc1ccc(C)cc1COC(=O)[C@@H](NC(=O)c1ccc(C(C)(C)C)cc1)C(C)C. The van der Waals surface area contributed by atoms with Crippen molar-refractivity contribution in [3.63, 3.8) is 0 Å². The van der Waals surface area contributed by atoms with E-state index in [0.29, 0.717) is 11.3 Å². The van der Waals surface area contributed by atoms with Gasteiger partial charge in [-0.2, -0.15) is 0 Å². The van der Waals surface area contributed by atoms with Crippen LogP contribution in [0.1, 0.15) is 61.7 Å². The largest absolute Gasteiger partial charge is 0.496 e. The third-order valence-electron chi connectivity index (χ3n) is 5.03. The monoisotopic (exact) mass is 411 g/mol. The molecular formula is C25H33NO4. The van der Waals surface area contributed by atoms with Crippen LogP contribution in [0.3, 0.4) is 0 Å². The highest BCUT2D eigenvalue weighted by molar-refractivity contribution is 5.96. The van der Waals surface area contributed by atoms with Crippen molar-refractivity contribution in [1.82, 2.24) is 5.32 Å². The number of amides is 1. The summed E-state index contributed by atoms with van der Waals surface area (Å²) in [5.74, 6) is -0.209. The second kappa shape index (κ2) is 9.79. The molecule has 0 aromatic heterocycles. The maximum atomic E-state index is 12.7. The average molecular weight is 412 g/mol. The van der Waals surface area contributed by atoms with Gasteiger partial charge in [-0.1, -0.05) is 58.4 Å². The van der Waals surface area contributed by atoms with E-state index in [4.69, 9.17) is 9.47 Å². The van der Waals surface area contributed by atoms with Gasteiger partial charge in [0.2, 0.25) is 0 Å². The van der Waals surface area contributed by atoms with Crippen molar-refractivity contribution < 1.29 is 19.1 Å². The Kier molecular flexibility index (Phi) is 7.65. The number of esters is 1. The summed E-state index contributed by atoms with van der Waals surface area (Å²) in [5.41, 5.74) is 3.51. The minimum atomic E-state index is -0.740. The summed E-state index contributed by atoms with van der Waals surface area (Å²) in [4.78, 5) is 25.4. The second-order valence-corrected chi connectivity index (χ2v) is 8.95. The molecule has 0 radical (unpaired) electrons. The highest BCUT2D eigenvalue weighted by atomic mass is 16.5. The Labute approximate surface area is 179 Å². The first-order valence-corrected chi connectivity index (χ1v) is 10.2. The van der Waals surface area contributed by atoms with Gasteiger partial charge in [-0.3, -0.25) is 4.79 Å². The molecule has 5 heteroatoms. The van der Waals surface area contributed by atoms with E-state index in [0.717, 1.165) is 16.7 Å². The van der Waals surface area contributed by atoms with Crippen LogP contribution in [0.25, 0.3) is 0 Å². The first-order chi connectivity index (χ1) is 14.0. The average Bonchev–Trinajstić information content (AvgIpc) is 2.69. The molecule has 0 saturated carbocycles. The minimum Gasteiger partial charge on any atom is -0.496 e. The lowest BCUT2D eigenvalue weighted by Gasteiger charge is -2.22. The van der Waals surface area contributed by atoms with Gasteiger partial charge >= 0.3 is 5.97 Å². The molecule has 1 N–H and O–H groups in total. The van der Waals surface area contributed by atoms with E-state index in [-0.39, 0.29) is 23.8 Å². The van der Waals surface area contributed by atoms with Crippen LogP contribution in [0, 0.1) is 12.8 Å². The molecule has 162 valence electrons. The molecule has 1 atom stereocenters. The Bertz CT molecular complexity index is 879. The van der Waals surface area contributed by atoms with Crippen LogP contribution in [0.2, 0.25) is 0 Å². The van der Waals surface area contributed by atoms with Crippen molar-refractivity contribution >= 4 is 11.9 Å². The van der Waals surface area contributed by atoms with Gasteiger partial charge in [0.15, 0.2) is 0 Å². The summed E-state index contributed by atoms with van der Waals surface area (Å²) in [7, 11) is 1.58. The van der Waals surface area contributed by atoms with Gasteiger partial charge in [-0.05, 0) is 48.1 Å². The van der Waals surface area contributed by atoms with Crippen LogP contribution in [0.5, 0.6) is 5.75 Å². The van der Waals surface area contributed by atoms with Gasteiger partial charge in [0.05, 0.1) is 7.11 Å². The molecular weight excluding hydrogens is 378 g/mol. The predicted molar refractivity (Wildman–Crippen MR) is 119 cm³/mol. The number of methoxy groups -OCH3 is 1. The highest BCUT2D eigenvalue weighted by Crippen LogP contribution is 2.23. The Morgan fingerprint density at radius 3 is 2.20 bits per heavy atom. The van der Waals surface area contributed by atoms with Gasteiger partial charge in [-0.25, -0.2) is 4.79 Å². The van der Waals surface area contributed by atoms with Crippen LogP contribution < -0.4 is 10.1 Å². The van der Waals surface area contributed by atoms with Crippen LogP contribution in [0.4, 0.5) is 0 Å². The van der Waals surface area contributed by atoms with E-state index in [2.05, 4.69) is 26.1 Å². The first kappa shape index (κ1) is 23.5. The lowest BCUT2D eigenvalue weighted by atomic mass is 9.86. The van der Waals surface area contributed by atoms with Gasteiger partial charge in [0.1, 0.15) is 18.4 Å². The zero-order valence-electron chi connectivity index (χ0n) is 19.0. The molecule has 30 heavy (non-hydrogen) atoms. The zero-order valence-corrected chi connectivity index (χ0v) is 19.0. The van der Waals surface area contributed by atoms with Crippen LogP contribution in [0.15, 0.2) is 42.5 Å². The Hall–Kier alpha value is -2.82. The van der Waals surface area contributed by atoms with E-state index >= 15 is 0 Å². The molecule has 0 aliphatic heterocycles. The van der Waals surface area contributed by atoms with Crippen molar-refractivity contribution in [1.29, 1.82) is 0 Å². The fourth-order valence-corrected chi connectivity index (χ4v) is 3.10. The molecule has 0 unspecified atom stereocenters. The van der Waals surface area contributed by atoms with Gasteiger partial charge < -0.3 is 14.8 Å². The number of rotatable bonds is 7. The number of hydrogen-bond acceptors (Lipinski definition) is 4. The fourth-order valence-electron chi connectivity index (χ4n) is 3.10. The Balaban J connectivity index is 2.07. The molecule has 0 fully saturated rings. The molecule has 1 amide bonds. The van der Waals surface area contributed by atoms with Crippen LogP contribution in [-0.4, -0.2) is 25.0 Å². The van der Waals surface area contributed by atoms with Crippen LogP contribution in [-0.2, 0) is 21.6 Å². The molecule has 2 aromatic rings. The van der Waals surface area contributed by atoms with Crippen molar-refractivity contribution in [3.8, 4) is 5.75 Å². The standard InChI is InChI=1S/C25H33NO4/c1-16(2)22(24(28)30-15-19-14-17(3)8-13-21(19)29-7)26-23(27)18-9-11-20(12-10-18)25(4,5)6/h8-14,16,22H,15H2,1-7H3,(H,26,27)/t22-/m0/s1. The molecule has 0 aliphatic rings. The molecule has 2 rings (SSSR count). The van der Waals surface area contributed by atoms with Crippen molar-refractivity contribution in [3.05, 3.63) is 64.7 Å². The fraction of sp³-hybridized carbons (Fsp3) is 0.440. The van der Waals surface area contributed by atoms with E-state index in [9.17, 15) is 9.59 Å². The molecule has 2 aromatic carbocycles. The molecule has 0 saturated heterocycles. The van der Waals surface area contributed by atoms with Gasteiger partial charge in [0, 0.05) is 11.1 Å². The van der Waals surface area contributed by atoms with Crippen LogP contribution >= 0.6 is 0 Å². The van der Waals surface area contributed by atoms with Crippen molar-refractivity contribution in [2.24, 2.45) is 5.92 Å². The summed E-state index contributed by atoms with van der Waals surface area (Å²) in [6, 6.07) is 12.4. The Morgan fingerprint density at radius 1 is 1.03 bits per heavy atom. The lowest BCUT2D eigenvalue weighted by Crippen LogP contribution is -2.45. The maximum absolute atomic E-state index is 12.7.